The first-order valence-corrected chi connectivity index (χ1v) is 13.1. The lowest BCUT2D eigenvalue weighted by molar-refractivity contribution is -0.134. The van der Waals surface area contributed by atoms with Gasteiger partial charge in [0, 0.05) is 30.6 Å². The minimum absolute atomic E-state index is 0.0165. The fraction of sp³-hybridized carbons (Fsp3) is 0.379. The van der Waals surface area contributed by atoms with Gasteiger partial charge >= 0.3 is 0 Å². The van der Waals surface area contributed by atoms with Crippen molar-refractivity contribution in [2.45, 2.75) is 38.6 Å². The van der Waals surface area contributed by atoms with Gasteiger partial charge in [-0.25, -0.2) is 4.39 Å². The Bertz CT molecular complexity index is 1200. The monoisotopic (exact) mass is 508 g/mol. The van der Waals surface area contributed by atoms with Gasteiger partial charge in [-0.05, 0) is 64.2 Å². The number of carbonyl (C=O) groups excluding carboxylic acids is 2. The Morgan fingerprint density at radius 1 is 1.08 bits per heavy atom. The second-order valence-corrected chi connectivity index (χ2v) is 11.1. The van der Waals surface area contributed by atoms with Gasteiger partial charge in [0.05, 0.1) is 12.6 Å². The third-order valence-electron chi connectivity index (χ3n) is 6.65. The number of benzene rings is 2. The topological polar surface area (TPSA) is 49.9 Å². The van der Waals surface area contributed by atoms with Crippen molar-refractivity contribution in [1.29, 1.82) is 0 Å². The van der Waals surface area contributed by atoms with E-state index in [2.05, 4.69) is 20.8 Å². The van der Waals surface area contributed by atoms with Crippen molar-refractivity contribution in [3.05, 3.63) is 92.9 Å². The van der Waals surface area contributed by atoms with E-state index < -0.39 is 0 Å². The van der Waals surface area contributed by atoms with Gasteiger partial charge in [-0.2, -0.15) is 0 Å². The molecule has 2 aromatic carbocycles. The number of hydrogen-bond donors (Lipinski definition) is 0. The molecular formula is C29H33FN2O3S. The van der Waals surface area contributed by atoms with Crippen molar-refractivity contribution in [2.24, 2.45) is 0 Å². The van der Waals surface area contributed by atoms with Crippen LogP contribution in [0.2, 0.25) is 0 Å². The molecule has 1 atom stereocenters. The van der Waals surface area contributed by atoms with E-state index in [-0.39, 0.29) is 35.6 Å². The lowest BCUT2D eigenvalue weighted by Gasteiger charge is -2.37. The average Bonchev–Trinajstić information content (AvgIpc) is 3.34. The molecule has 0 N–H and O–H groups in total. The first kappa shape index (κ1) is 26.0. The highest BCUT2D eigenvalue weighted by atomic mass is 32.1. The summed E-state index contributed by atoms with van der Waals surface area (Å²) in [6, 6.07) is 15.6. The molecule has 0 saturated carbocycles. The van der Waals surface area contributed by atoms with Crippen LogP contribution in [0.3, 0.4) is 0 Å². The van der Waals surface area contributed by atoms with Crippen molar-refractivity contribution in [3.8, 4) is 0 Å². The molecule has 0 fully saturated rings. The number of halogens is 1. The Balaban J connectivity index is 1.58. The second kappa shape index (κ2) is 10.9. The van der Waals surface area contributed by atoms with Crippen LogP contribution in [0.5, 0.6) is 0 Å². The molecule has 4 rings (SSSR count). The first-order valence-electron chi connectivity index (χ1n) is 12.2. The number of hydrogen-bond acceptors (Lipinski definition) is 4. The van der Waals surface area contributed by atoms with Crippen molar-refractivity contribution in [1.82, 2.24) is 9.80 Å². The van der Waals surface area contributed by atoms with Crippen LogP contribution in [0.4, 0.5) is 4.39 Å². The largest absolute Gasteiger partial charge is 0.383 e. The van der Waals surface area contributed by atoms with Gasteiger partial charge in [0.15, 0.2) is 0 Å². The zero-order chi connectivity index (χ0) is 25.9. The third-order valence-corrected chi connectivity index (χ3v) is 7.65. The lowest BCUT2D eigenvalue weighted by atomic mass is 9.86. The molecule has 0 saturated heterocycles. The van der Waals surface area contributed by atoms with Gasteiger partial charge in [-0.1, -0.05) is 45.0 Å². The van der Waals surface area contributed by atoms with Gasteiger partial charge in [-0.15, -0.1) is 11.3 Å². The van der Waals surface area contributed by atoms with Crippen LogP contribution in [0.15, 0.2) is 60.0 Å². The Morgan fingerprint density at radius 2 is 1.78 bits per heavy atom. The number of fused-ring (bicyclic) bond motifs is 1. The maximum absolute atomic E-state index is 13.7. The van der Waals surface area contributed by atoms with E-state index in [0.29, 0.717) is 25.3 Å². The van der Waals surface area contributed by atoms with Gasteiger partial charge in [-0.3, -0.25) is 9.59 Å². The number of rotatable bonds is 7. The standard InChI is InChI=1S/C29H33FN2O3S/c1-29(2,3)22-9-5-21(6-10-22)28(34)31(16-17-35-4)19-26(33)32-15-13-25-24(14-18-36-25)27(32)20-7-11-23(30)12-8-20/h5-12,14,18,27H,13,15-17,19H2,1-4H3. The summed E-state index contributed by atoms with van der Waals surface area (Å²) in [6.07, 6.45) is 0.761. The molecule has 1 aromatic heterocycles. The molecule has 0 aliphatic carbocycles. The molecule has 0 radical (unpaired) electrons. The number of thiophene rings is 1. The third kappa shape index (κ3) is 5.68. The minimum Gasteiger partial charge on any atom is -0.383 e. The van der Waals surface area contributed by atoms with Crippen LogP contribution in [-0.2, 0) is 21.4 Å². The zero-order valence-electron chi connectivity index (χ0n) is 21.3. The van der Waals surface area contributed by atoms with E-state index in [9.17, 15) is 14.0 Å². The molecule has 1 aliphatic heterocycles. The van der Waals surface area contributed by atoms with Crippen LogP contribution in [0.1, 0.15) is 58.7 Å². The molecule has 3 aromatic rings. The highest BCUT2D eigenvalue weighted by Gasteiger charge is 2.34. The van der Waals surface area contributed by atoms with E-state index in [1.165, 1.54) is 17.0 Å². The highest BCUT2D eigenvalue weighted by Crippen LogP contribution is 2.38. The molecule has 0 bridgehead atoms. The number of methoxy groups -OCH3 is 1. The molecule has 7 heteroatoms. The van der Waals surface area contributed by atoms with Crippen molar-refractivity contribution in [2.75, 3.05) is 33.4 Å². The number of nitrogens with zero attached hydrogens (tertiary/aromatic N) is 2. The van der Waals surface area contributed by atoms with Crippen LogP contribution in [0.25, 0.3) is 0 Å². The van der Waals surface area contributed by atoms with E-state index in [1.54, 1.807) is 35.5 Å². The summed E-state index contributed by atoms with van der Waals surface area (Å²) in [5.74, 6) is -0.656. The maximum Gasteiger partial charge on any atom is 0.254 e. The van der Waals surface area contributed by atoms with Crippen molar-refractivity contribution < 1.29 is 18.7 Å². The number of carbonyl (C=O) groups is 2. The Labute approximate surface area is 216 Å². The minimum atomic E-state index is -0.313. The summed E-state index contributed by atoms with van der Waals surface area (Å²) >= 11 is 1.68. The molecule has 5 nitrogen and oxygen atoms in total. The normalized spacial score (nSPS) is 15.5. The lowest BCUT2D eigenvalue weighted by Crippen LogP contribution is -2.47. The predicted molar refractivity (Wildman–Crippen MR) is 141 cm³/mol. The summed E-state index contributed by atoms with van der Waals surface area (Å²) < 4.78 is 18.9. The van der Waals surface area contributed by atoms with Crippen LogP contribution < -0.4 is 0 Å². The molecular weight excluding hydrogens is 475 g/mol. The smallest absolute Gasteiger partial charge is 0.254 e. The maximum atomic E-state index is 13.7. The molecule has 2 amide bonds. The zero-order valence-corrected chi connectivity index (χ0v) is 22.1. The van der Waals surface area contributed by atoms with Crippen molar-refractivity contribution >= 4 is 23.2 Å². The molecule has 1 unspecified atom stereocenters. The highest BCUT2D eigenvalue weighted by molar-refractivity contribution is 7.10. The SMILES string of the molecule is COCCN(CC(=O)N1CCc2sccc2C1c1ccc(F)cc1)C(=O)c1ccc(C(C)(C)C)cc1. The summed E-state index contributed by atoms with van der Waals surface area (Å²) in [4.78, 5) is 31.7. The Kier molecular flexibility index (Phi) is 7.91. The van der Waals surface area contributed by atoms with Gasteiger partial charge in [0.25, 0.3) is 5.91 Å². The van der Waals surface area contributed by atoms with Crippen LogP contribution in [0, 0.1) is 5.82 Å². The van der Waals surface area contributed by atoms with E-state index in [0.717, 1.165) is 23.1 Å². The van der Waals surface area contributed by atoms with E-state index in [4.69, 9.17) is 4.74 Å². The van der Waals surface area contributed by atoms with E-state index in [1.807, 2.05) is 40.6 Å². The summed E-state index contributed by atoms with van der Waals surface area (Å²) in [5.41, 5.74) is 3.59. The fourth-order valence-corrected chi connectivity index (χ4v) is 5.50. The first-order chi connectivity index (χ1) is 17.2. The summed E-state index contributed by atoms with van der Waals surface area (Å²) in [6.45, 7) is 7.50. The number of ether oxygens (including phenoxy) is 1. The van der Waals surface area contributed by atoms with Gasteiger partial charge in [0.2, 0.25) is 5.91 Å². The number of amides is 2. The molecule has 36 heavy (non-hydrogen) atoms. The molecule has 2 heterocycles. The quantitative estimate of drug-likeness (QED) is 0.427. The molecule has 0 spiro atoms. The summed E-state index contributed by atoms with van der Waals surface area (Å²) in [5, 5.41) is 2.03. The molecule has 1 aliphatic rings. The molecule has 190 valence electrons. The Morgan fingerprint density at radius 3 is 2.42 bits per heavy atom. The van der Waals surface area contributed by atoms with Gasteiger partial charge in [0.1, 0.15) is 12.4 Å². The van der Waals surface area contributed by atoms with Crippen LogP contribution >= 0.6 is 11.3 Å². The Hall–Kier alpha value is -3.03. The fourth-order valence-electron chi connectivity index (χ4n) is 4.59. The van der Waals surface area contributed by atoms with Gasteiger partial charge < -0.3 is 14.5 Å². The van der Waals surface area contributed by atoms with Crippen LogP contribution in [-0.4, -0.2) is 55.0 Å². The van der Waals surface area contributed by atoms with Crippen molar-refractivity contribution in [3.63, 3.8) is 0 Å². The summed E-state index contributed by atoms with van der Waals surface area (Å²) in [7, 11) is 1.58. The van der Waals surface area contributed by atoms with E-state index >= 15 is 0 Å². The second-order valence-electron chi connectivity index (χ2n) is 10.1. The predicted octanol–water partition coefficient (Wildman–Crippen LogP) is 5.45. The average molecular weight is 509 g/mol.